The second-order valence-corrected chi connectivity index (χ2v) is 5.92. The van der Waals surface area contributed by atoms with Crippen LogP contribution in [0, 0.1) is 0 Å². The lowest BCUT2D eigenvalue weighted by molar-refractivity contribution is 0.571. The van der Waals surface area contributed by atoms with Crippen molar-refractivity contribution in [3.63, 3.8) is 0 Å². The van der Waals surface area contributed by atoms with E-state index in [0.717, 1.165) is 6.04 Å². The van der Waals surface area contributed by atoms with E-state index in [1.165, 1.54) is 55.2 Å². The molecule has 0 N–H and O–H groups in total. The topological polar surface area (TPSA) is 3.24 Å². The Morgan fingerprint density at radius 1 is 1.12 bits per heavy atom. The minimum atomic E-state index is 0.813. The van der Waals surface area contributed by atoms with Crippen molar-refractivity contribution in [2.24, 2.45) is 0 Å². The molecular weight excluding hydrogens is 262 g/mol. The Balaban J connectivity index is 1.94. The number of fused-ring (bicyclic) bond motifs is 1. The van der Waals surface area contributed by atoms with Gasteiger partial charge in [0.25, 0.3) is 0 Å². The van der Waals surface area contributed by atoms with E-state index in [1.807, 2.05) is 0 Å². The molecule has 1 aliphatic carbocycles. The number of hydrogen-bond acceptors (Lipinski definition) is 1. The van der Waals surface area contributed by atoms with Crippen molar-refractivity contribution >= 4 is 21.6 Å². The lowest BCUT2D eigenvalue weighted by Crippen LogP contribution is -2.37. The number of anilines is 1. The summed E-state index contributed by atoms with van der Waals surface area (Å²) in [5.41, 5.74) is 3.04. The molecule has 1 aromatic carbocycles. The lowest BCUT2D eigenvalue weighted by Gasteiger charge is -2.36. The van der Waals surface area contributed by atoms with Crippen LogP contribution in [0.4, 0.5) is 5.69 Å². The summed E-state index contributed by atoms with van der Waals surface area (Å²) >= 11 is 3.60. The summed E-state index contributed by atoms with van der Waals surface area (Å²) in [5, 5.41) is 0. The zero-order valence-corrected chi connectivity index (χ0v) is 11.2. The molecule has 1 saturated carbocycles. The van der Waals surface area contributed by atoms with Crippen molar-refractivity contribution in [2.45, 2.75) is 44.6 Å². The first kappa shape index (κ1) is 10.6. The van der Waals surface area contributed by atoms with Gasteiger partial charge in [0.05, 0.1) is 0 Å². The van der Waals surface area contributed by atoms with Crippen LogP contribution in [-0.4, -0.2) is 12.6 Å². The van der Waals surface area contributed by atoms with E-state index in [1.54, 1.807) is 5.56 Å². The van der Waals surface area contributed by atoms with Crippen LogP contribution < -0.4 is 4.90 Å². The van der Waals surface area contributed by atoms with Gasteiger partial charge in [-0.1, -0.05) is 34.8 Å². The monoisotopic (exact) mass is 279 g/mol. The van der Waals surface area contributed by atoms with Gasteiger partial charge in [0.15, 0.2) is 0 Å². The molecule has 1 nitrogen and oxygen atoms in total. The van der Waals surface area contributed by atoms with Crippen molar-refractivity contribution in [3.05, 3.63) is 28.2 Å². The average Bonchev–Trinajstić information content (AvgIpc) is 2.81. The van der Waals surface area contributed by atoms with Crippen LogP contribution in [-0.2, 0) is 6.42 Å². The van der Waals surface area contributed by atoms with Gasteiger partial charge in [-0.05, 0) is 43.4 Å². The van der Waals surface area contributed by atoms with E-state index in [-0.39, 0.29) is 0 Å². The van der Waals surface area contributed by atoms with Crippen LogP contribution in [0.2, 0.25) is 0 Å². The molecule has 16 heavy (non-hydrogen) atoms. The summed E-state index contributed by atoms with van der Waals surface area (Å²) in [6, 6.07) is 7.60. The van der Waals surface area contributed by atoms with E-state index in [9.17, 15) is 0 Å². The van der Waals surface area contributed by atoms with Gasteiger partial charge in [0.2, 0.25) is 0 Å². The highest BCUT2D eigenvalue weighted by atomic mass is 79.9. The SMILES string of the molecule is Brc1ccc2c(c1)N(C1CCCC1)CCC2. The molecule has 0 unspecified atom stereocenters. The van der Waals surface area contributed by atoms with Gasteiger partial charge in [0.1, 0.15) is 0 Å². The number of rotatable bonds is 1. The fourth-order valence-corrected chi connectivity index (χ4v) is 3.52. The van der Waals surface area contributed by atoms with Gasteiger partial charge in [-0.15, -0.1) is 0 Å². The van der Waals surface area contributed by atoms with Crippen LogP contribution in [0.5, 0.6) is 0 Å². The third-order valence-electron chi connectivity index (χ3n) is 3.97. The fourth-order valence-electron chi connectivity index (χ4n) is 3.17. The average molecular weight is 280 g/mol. The number of hydrogen-bond donors (Lipinski definition) is 0. The zero-order chi connectivity index (χ0) is 11.0. The third kappa shape index (κ3) is 1.88. The van der Waals surface area contributed by atoms with Crippen molar-refractivity contribution < 1.29 is 0 Å². The largest absolute Gasteiger partial charge is 0.368 e. The van der Waals surface area contributed by atoms with Crippen molar-refractivity contribution in [2.75, 3.05) is 11.4 Å². The predicted octanol–water partition coefficient (Wildman–Crippen LogP) is 4.14. The van der Waals surface area contributed by atoms with Gasteiger partial charge in [-0.2, -0.15) is 0 Å². The minimum absolute atomic E-state index is 0.813. The predicted molar refractivity (Wildman–Crippen MR) is 72.1 cm³/mol. The van der Waals surface area contributed by atoms with E-state index in [4.69, 9.17) is 0 Å². The molecular formula is C14H18BrN. The zero-order valence-electron chi connectivity index (χ0n) is 9.58. The van der Waals surface area contributed by atoms with Crippen LogP contribution in [0.1, 0.15) is 37.7 Å². The summed E-state index contributed by atoms with van der Waals surface area (Å²) in [7, 11) is 0. The van der Waals surface area contributed by atoms with E-state index in [2.05, 4.69) is 39.0 Å². The maximum atomic E-state index is 3.60. The molecule has 0 amide bonds. The molecule has 2 heteroatoms. The maximum Gasteiger partial charge on any atom is 0.0412 e. The standard InChI is InChI=1S/C14H18BrN/c15-12-8-7-11-4-3-9-16(14(11)10-12)13-5-1-2-6-13/h7-8,10,13H,1-6,9H2. The molecule has 0 aromatic heterocycles. The highest BCUT2D eigenvalue weighted by molar-refractivity contribution is 9.10. The van der Waals surface area contributed by atoms with Gasteiger partial charge in [-0.3, -0.25) is 0 Å². The van der Waals surface area contributed by atoms with Crippen molar-refractivity contribution in [3.8, 4) is 0 Å². The molecule has 86 valence electrons. The summed E-state index contributed by atoms with van der Waals surface area (Å²) in [5.74, 6) is 0. The van der Waals surface area contributed by atoms with Gasteiger partial charge in [0, 0.05) is 22.7 Å². The fraction of sp³-hybridized carbons (Fsp3) is 0.571. The van der Waals surface area contributed by atoms with Crippen LogP contribution in [0.25, 0.3) is 0 Å². The molecule has 1 aliphatic heterocycles. The van der Waals surface area contributed by atoms with Crippen LogP contribution >= 0.6 is 15.9 Å². The van der Waals surface area contributed by atoms with E-state index in [0.29, 0.717) is 0 Å². The summed E-state index contributed by atoms with van der Waals surface area (Å²) in [4.78, 5) is 2.66. The summed E-state index contributed by atoms with van der Waals surface area (Å²) in [6.07, 6.45) is 8.21. The first-order chi connectivity index (χ1) is 7.84. The van der Waals surface area contributed by atoms with Gasteiger partial charge < -0.3 is 4.90 Å². The second-order valence-electron chi connectivity index (χ2n) is 5.01. The molecule has 3 rings (SSSR count). The number of benzene rings is 1. The molecule has 0 spiro atoms. The molecule has 2 aliphatic rings. The summed E-state index contributed by atoms with van der Waals surface area (Å²) < 4.78 is 1.22. The number of halogens is 1. The van der Waals surface area contributed by atoms with Crippen LogP contribution in [0.3, 0.4) is 0 Å². The van der Waals surface area contributed by atoms with E-state index < -0.39 is 0 Å². The first-order valence-electron chi connectivity index (χ1n) is 6.40. The van der Waals surface area contributed by atoms with Crippen molar-refractivity contribution in [1.29, 1.82) is 0 Å². The molecule has 0 radical (unpaired) electrons. The molecule has 1 aromatic rings. The molecule has 0 atom stereocenters. The number of nitrogens with zero attached hydrogens (tertiary/aromatic N) is 1. The highest BCUT2D eigenvalue weighted by Crippen LogP contribution is 2.35. The minimum Gasteiger partial charge on any atom is -0.368 e. The molecule has 0 bridgehead atoms. The van der Waals surface area contributed by atoms with Gasteiger partial charge >= 0.3 is 0 Å². The Morgan fingerprint density at radius 2 is 1.94 bits per heavy atom. The Morgan fingerprint density at radius 3 is 2.75 bits per heavy atom. The Labute approximate surface area is 106 Å². The Bertz CT molecular complexity index is 382. The third-order valence-corrected chi connectivity index (χ3v) is 4.46. The van der Waals surface area contributed by atoms with E-state index >= 15 is 0 Å². The van der Waals surface area contributed by atoms with Gasteiger partial charge in [-0.25, -0.2) is 0 Å². The van der Waals surface area contributed by atoms with Crippen molar-refractivity contribution in [1.82, 2.24) is 0 Å². The maximum absolute atomic E-state index is 3.60. The second kappa shape index (κ2) is 4.40. The quantitative estimate of drug-likeness (QED) is 0.747. The van der Waals surface area contributed by atoms with Crippen LogP contribution in [0.15, 0.2) is 22.7 Å². The highest BCUT2D eigenvalue weighted by Gasteiger charge is 2.26. The molecule has 1 heterocycles. The first-order valence-corrected chi connectivity index (χ1v) is 7.19. The summed E-state index contributed by atoms with van der Waals surface area (Å²) in [6.45, 7) is 1.26. The molecule has 0 saturated heterocycles. The smallest absolute Gasteiger partial charge is 0.0412 e. The normalized spacial score (nSPS) is 21.2. The lowest BCUT2D eigenvalue weighted by atomic mass is 9.99. The Kier molecular flexibility index (Phi) is 2.93. The molecule has 1 fully saturated rings. The Hall–Kier alpha value is -0.500. The number of aryl methyl sites for hydroxylation is 1.